The van der Waals surface area contributed by atoms with E-state index in [1.807, 2.05) is 27.7 Å². The summed E-state index contributed by atoms with van der Waals surface area (Å²) in [6.07, 6.45) is 2.17. The molecular weight excluding hydrogens is 362 g/mol. The molecule has 2 heterocycles. The molecule has 1 unspecified atom stereocenters. The van der Waals surface area contributed by atoms with E-state index in [-0.39, 0.29) is 47.8 Å². The second-order valence-corrected chi connectivity index (χ2v) is 7.83. The number of piperazine rings is 1. The second kappa shape index (κ2) is 7.83. The fourth-order valence-corrected chi connectivity index (χ4v) is 3.00. The molecule has 2 rings (SSSR count). The quantitative estimate of drug-likeness (QED) is 0.420. The number of rotatable bonds is 2. The van der Waals surface area contributed by atoms with Gasteiger partial charge in [0.05, 0.1) is 23.1 Å². The molecule has 1 atom stereocenters. The van der Waals surface area contributed by atoms with Gasteiger partial charge < -0.3 is 32.0 Å². The van der Waals surface area contributed by atoms with Crippen LogP contribution in [0.15, 0.2) is 6.20 Å². The number of pyridine rings is 1. The largest absolute Gasteiger partial charge is 0.396 e. The number of carbonyl (C=O) groups is 3. The number of nitrogen functional groups attached to an aromatic ring is 2. The minimum absolute atomic E-state index is 0.0106. The van der Waals surface area contributed by atoms with Crippen molar-refractivity contribution in [1.29, 1.82) is 5.41 Å². The molecule has 28 heavy (non-hydrogen) atoms. The molecule has 1 aliphatic rings. The van der Waals surface area contributed by atoms with E-state index in [2.05, 4.69) is 10.3 Å². The maximum absolute atomic E-state index is 12.5. The van der Waals surface area contributed by atoms with Crippen LogP contribution in [-0.4, -0.2) is 64.4 Å². The fourth-order valence-electron chi connectivity index (χ4n) is 3.00. The van der Waals surface area contributed by atoms with E-state index >= 15 is 0 Å². The van der Waals surface area contributed by atoms with Gasteiger partial charge in [-0.2, -0.15) is 0 Å². The number of hydrogen-bond acceptors (Lipinski definition) is 7. The molecule has 0 saturated carbocycles. The van der Waals surface area contributed by atoms with Gasteiger partial charge in [-0.25, -0.2) is 4.98 Å². The molecule has 1 saturated heterocycles. The first-order valence-corrected chi connectivity index (χ1v) is 8.93. The van der Waals surface area contributed by atoms with Crippen molar-refractivity contribution in [3.63, 3.8) is 0 Å². The molecule has 1 fully saturated rings. The summed E-state index contributed by atoms with van der Waals surface area (Å²) in [5, 5.41) is 9.75. The zero-order valence-corrected chi connectivity index (χ0v) is 16.6. The fraction of sp³-hybridized carbons (Fsp3) is 0.500. The third kappa shape index (κ3) is 4.21. The Balaban J connectivity index is 2.07. The summed E-state index contributed by atoms with van der Waals surface area (Å²) in [4.78, 5) is 44.4. The van der Waals surface area contributed by atoms with Crippen LogP contribution in [0.1, 0.15) is 33.3 Å². The second-order valence-electron chi connectivity index (χ2n) is 7.83. The lowest BCUT2D eigenvalue weighted by Gasteiger charge is -2.42. The van der Waals surface area contributed by atoms with Crippen LogP contribution in [0.4, 0.5) is 17.2 Å². The Hall–Kier alpha value is -3.17. The van der Waals surface area contributed by atoms with Crippen molar-refractivity contribution in [2.45, 2.75) is 33.7 Å². The molecule has 3 amide bonds. The van der Waals surface area contributed by atoms with Crippen LogP contribution in [0.3, 0.4) is 0 Å². The van der Waals surface area contributed by atoms with Crippen molar-refractivity contribution in [3.05, 3.63) is 11.8 Å². The molecule has 1 aliphatic heterocycles. The molecule has 1 aromatic heterocycles. The minimum Gasteiger partial charge on any atom is -0.396 e. The normalized spacial score (nSPS) is 17.2. The van der Waals surface area contributed by atoms with E-state index in [0.717, 1.165) is 6.21 Å². The highest BCUT2D eigenvalue weighted by Crippen LogP contribution is 2.25. The molecule has 0 radical (unpaired) electrons. The van der Waals surface area contributed by atoms with Gasteiger partial charge in [0.1, 0.15) is 5.82 Å². The first-order valence-electron chi connectivity index (χ1n) is 8.93. The van der Waals surface area contributed by atoms with E-state index in [4.69, 9.17) is 16.9 Å². The van der Waals surface area contributed by atoms with Crippen LogP contribution in [0.25, 0.3) is 0 Å². The summed E-state index contributed by atoms with van der Waals surface area (Å²) in [7, 11) is 0. The van der Waals surface area contributed by atoms with E-state index in [9.17, 15) is 14.4 Å². The average Bonchev–Trinajstić information content (AvgIpc) is 2.62. The molecule has 1 aromatic rings. The van der Waals surface area contributed by atoms with Gasteiger partial charge in [0.2, 0.25) is 5.91 Å². The first kappa shape index (κ1) is 21.1. The maximum Gasteiger partial charge on any atom is 0.314 e. The number of nitrogens with one attached hydrogen (secondary N) is 2. The highest BCUT2D eigenvalue weighted by Gasteiger charge is 2.36. The van der Waals surface area contributed by atoms with Crippen LogP contribution >= 0.6 is 0 Å². The van der Waals surface area contributed by atoms with E-state index in [1.54, 1.807) is 4.90 Å². The molecule has 0 aliphatic carbocycles. The predicted octanol–water partition coefficient (Wildman–Crippen LogP) is 0.288. The molecule has 10 heteroatoms. The Bertz CT molecular complexity index is 816. The molecule has 0 bridgehead atoms. The Labute approximate surface area is 163 Å². The van der Waals surface area contributed by atoms with Gasteiger partial charge in [-0.15, -0.1) is 0 Å². The van der Waals surface area contributed by atoms with Gasteiger partial charge in [0.25, 0.3) is 0 Å². The first-order chi connectivity index (χ1) is 13.0. The van der Waals surface area contributed by atoms with Crippen LogP contribution in [0.5, 0.6) is 0 Å². The number of carbonyl (C=O) groups excluding carboxylic acids is 3. The zero-order chi connectivity index (χ0) is 21.2. The zero-order valence-electron chi connectivity index (χ0n) is 16.6. The third-order valence-electron chi connectivity index (χ3n) is 4.59. The molecule has 152 valence electrons. The van der Waals surface area contributed by atoms with Crippen molar-refractivity contribution >= 4 is 41.1 Å². The van der Waals surface area contributed by atoms with E-state index < -0.39 is 17.2 Å². The Morgan fingerprint density at radius 1 is 1.29 bits per heavy atom. The summed E-state index contributed by atoms with van der Waals surface area (Å²) in [6, 6.07) is -0.204. The van der Waals surface area contributed by atoms with Crippen molar-refractivity contribution in [2.75, 3.05) is 36.4 Å². The number of nitrogens with two attached hydrogens (primary N) is 2. The van der Waals surface area contributed by atoms with Gasteiger partial charge >= 0.3 is 11.8 Å². The molecule has 0 spiro atoms. The van der Waals surface area contributed by atoms with Crippen molar-refractivity contribution < 1.29 is 14.4 Å². The lowest BCUT2D eigenvalue weighted by atomic mass is 9.93. The molecular formula is C18H27N7O3. The molecule has 6 N–H and O–H groups in total. The summed E-state index contributed by atoms with van der Waals surface area (Å²) in [5.74, 6) is -1.51. The lowest BCUT2D eigenvalue weighted by molar-refractivity contribution is -0.150. The maximum atomic E-state index is 12.5. The van der Waals surface area contributed by atoms with Gasteiger partial charge in [0.15, 0.2) is 0 Å². The van der Waals surface area contributed by atoms with E-state index in [1.165, 1.54) is 11.1 Å². The number of aromatic nitrogens is 1. The Morgan fingerprint density at radius 3 is 2.46 bits per heavy atom. The summed E-state index contributed by atoms with van der Waals surface area (Å²) in [6.45, 7) is 8.27. The average molecular weight is 389 g/mol. The van der Waals surface area contributed by atoms with Crippen molar-refractivity contribution in [3.8, 4) is 0 Å². The third-order valence-corrected chi connectivity index (χ3v) is 4.59. The smallest absolute Gasteiger partial charge is 0.314 e. The number of amides is 3. The van der Waals surface area contributed by atoms with Crippen molar-refractivity contribution in [1.82, 2.24) is 14.8 Å². The van der Waals surface area contributed by atoms with Crippen LogP contribution in [0, 0.1) is 10.8 Å². The highest BCUT2D eigenvalue weighted by molar-refractivity contribution is 6.40. The molecule has 10 nitrogen and oxygen atoms in total. The van der Waals surface area contributed by atoms with Crippen LogP contribution in [-0.2, 0) is 14.4 Å². The van der Waals surface area contributed by atoms with Gasteiger partial charge in [0, 0.05) is 37.3 Å². The lowest BCUT2D eigenvalue weighted by Crippen LogP contribution is -2.58. The topological polar surface area (TPSA) is 159 Å². The summed E-state index contributed by atoms with van der Waals surface area (Å²) >= 11 is 0. The molecule has 0 aromatic carbocycles. The minimum atomic E-state index is -0.864. The Kier molecular flexibility index (Phi) is 5.91. The number of hydrogen-bond donors (Lipinski definition) is 4. The SMILES string of the molecule is CC1CN(C(=O)C(=O)Nc2cnc(N)c(C=N)c2N)CCN1C(=O)C(C)(C)C. The standard InChI is InChI=1S/C18H27N7O3/c1-10-9-24(5-6-25(10)17(28)18(2,3)4)16(27)15(26)23-12-8-22-14(21)11(7-19)13(12)20/h7-8,10,19H,5-6,9H2,1-4H3,(H,23,26)(H4,20,21,22). The number of nitrogens with zero attached hydrogens (tertiary/aromatic N) is 3. The van der Waals surface area contributed by atoms with Gasteiger partial charge in [-0.1, -0.05) is 20.8 Å². The highest BCUT2D eigenvalue weighted by atomic mass is 16.2. The van der Waals surface area contributed by atoms with E-state index in [0.29, 0.717) is 6.54 Å². The Morgan fingerprint density at radius 2 is 1.93 bits per heavy atom. The predicted molar refractivity (Wildman–Crippen MR) is 107 cm³/mol. The number of anilines is 3. The summed E-state index contributed by atoms with van der Waals surface area (Å²) < 4.78 is 0. The monoisotopic (exact) mass is 389 g/mol. The summed E-state index contributed by atoms with van der Waals surface area (Å²) in [5.41, 5.74) is 11.4. The van der Waals surface area contributed by atoms with Gasteiger partial charge in [-0.05, 0) is 6.92 Å². The van der Waals surface area contributed by atoms with Crippen LogP contribution in [0.2, 0.25) is 0 Å². The van der Waals surface area contributed by atoms with Gasteiger partial charge in [-0.3, -0.25) is 14.4 Å². The van der Waals surface area contributed by atoms with Crippen molar-refractivity contribution in [2.24, 2.45) is 5.41 Å². The van der Waals surface area contributed by atoms with Crippen LogP contribution < -0.4 is 16.8 Å².